The van der Waals surface area contributed by atoms with Crippen LogP contribution >= 0.6 is 0 Å². The SMILES string of the molecule is C.C#Cc1ccc(S(N)(=O)=O)cc1.CC(C)[C@@H](C(=O)O)n1cc(-c2ccc(S(N)(=O)=O)cc2)nn1.CC(C)[C@H](N=[N+]=[N-])OC=O. The van der Waals surface area contributed by atoms with Gasteiger partial charge >= 0.3 is 5.97 Å². The molecule has 0 spiro atoms. The second-order valence-corrected chi connectivity index (χ2v) is 12.6. The molecule has 16 nitrogen and oxygen atoms in total. The number of rotatable bonds is 10. The van der Waals surface area contributed by atoms with Crippen molar-refractivity contribution in [2.75, 3.05) is 0 Å². The number of carbonyl (C=O) groups is 2. The lowest BCUT2D eigenvalue weighted by molar-refractivity contribution is -0.142. The zero-order valence-electron chi connectivity index (χ0n) is 24.1. The van der Waals surface area contributed by atoms with Gasteiger partial charge in [-0.2, -0.15) is 0 Å². The molecule has 18 heteroatoms. The first kappa shape index (κ1) is 40.2. The number of ether oxygens (including phenoxy) is 1. The van der Waals surface area contributed by atoms with E-state index < -0.39 is 38.3 Å². The third-order valence-electron chi connectivity index (χ3n) is 5.44. The summed E-state index contributed by atoms with van der Waals surface area (Å²) in [5.74, 6) is 1.24. The van der Waals surface area contributed by atoms with Crippen molar-refractivity contribution >= 4 is 32.5 Å². The molecular formula is C27H36N8O8S2. The molecule has 2 atom stereocenters. The number of aromatic nitrogens is 3. The third kappa shape index (κ3) is 13.2. The number of terminal acetylenes is 1. The van der Waals surface area contributed by atoms with E-state index in [1.165, 1.54) is 47.3 Å². The van der Waals surface area contributed by atoms with Crippen molar-refractivity contribution in [3.8, 4) is 23.6 Å². The van der Waals surface area contributed by atoms with Gasteiger partial charge in [0.15, 0.2) is 12.3 Å². The van der Waals surface area contributed by atoms with Crippen LogP contribution in [-0.4, -0.2) is 55.6 Å². The number of carbonyl (C=O) groups excluding carboxylic acids is 1. The first-order valence-electron chi connectivity index (χ1n) is 12.5. The Morgan fingerprint density at radius 3 is 1.87 bits per heavy atom. The van der Waals surface area contributed by atoms with E-state index in [1.54, 1.807) is 39.8 Å². The number of hydrogen-bond donors (Lipinski definition) is 3. The van der Waals surface area contributed by atoms with Crippen molar-refractivity contribution in [2.24, 2.45) is 27.2 Å². The molecule has 0 bridgehead atoms. The van der Waals surface area contributed by atoms with Crippen molar-refractivity contribution in [1.82, 2.24) is 15.0 Å². The number of benzene rings is 2. The lowest BCUT2D eigenvalue weighted by Gasteiger charge is -2.15. The van der Waals surface area contributed by atoms with Crippen LogP contribution in [0.2, 0.25) is 0 Å². The summed E-state index contributed by atoms with van der Waals surface area (Å²) < 4.78 is 49.7. The highest BCUT2D eigenvalue weighted by molar-refractivity contribution is 7.89. The van der Waals surface area contributed by atoms with E-state index in [2.05, 4.69) is 31.0 Å². The quantitative estimate of drug-likeness (QED) is 0.0935. The van der Waals surface area contributed by atoms with E-state index in [0.29, 0.717) is 16.8 Å². The topological polar surface area (TPSA) is 263 Å². The predicted octanol–water partition coefficient (Wildman–Crippen LogP) is 3.28. The largest absolute Gasteiger partial charge is 0.480 e. The Balaban J connectivity index is 0.000000713. The molecule has 244 valence electrons. The maximum absolute atomic E-state index is 11.3. The molecular weight excluding hydrogens is 628 g/mol. The lowest BCUT2D eigenvalue weighted by atomic mass is 10.1. The molecule has 3 rings (SSSR count). The van der Waals surface area contributed by atoms with Crippen molar-refractivity contribution < 1.29 is 36.3 Å². The van der Waals surface area contributed by atoms with Crippen LogP contribution in [0.3, 0.4) is 0 Å². The zero-order valence-corrected chi connectivity index (χ0v) is 25.8. The molecule has 0 unspecified atom stereocenters. The number of carboxylic acid groups (broad SMARTS) is 1. The van der Waals surface area contributed by atoms with Crippen LogP contribution in [0.4, 0.5) is 0 Å². The zero-order chi connectivity index (χ0) is 33.7. The Morgan fingerprint density at radius 2 is 1.51 bits per heavy atom. The minimum Gasteiger partial charge on any atom is -0.480 e. The number of sulfonamides is 2. The molecule has 0 aliphatic rings. The second-order valence-electron chi connectivity index (χ2n) is 9.47. The minimum absolute atomic E-state index is 0. The lowest BCUT2D eigenvalue weighted by Crippen LogP contribution is -2.24. The van der Waals surface area contributed by atoms with E-state index >= 15 is 0 Å². The number of aliphatic carboxylic acids is 1. The number of azide groups is 1. The summed E-state index contributed by atoms with van der Waals surface area (Å²) in [7, 11) is -7.35. The van der Waals surface area contributed by atoms with Crippen molar-refractivity contribution in [3.05, 3.63) is 70.7 Å². The number of nitrogens with two attached hydrogens (primary N) is 2. The van der Waals surface area contributed by atoms with Gasteiger partial charge in [-0.1, -0.05) is 58.4 Å². The van der Waals surface area contributed by atoms with Gasteiger partial charge in [-0.3, -0.25) is 4.79 Å². The van der Waals surface area contributed by atoms with Crippen LogP contribution in [-0.2, 0) is 34.4 Å². The summed E-state index contributed by atoms with van der Waals surface area (Å²) in [6.45, 7) is 7.42. The monoisotopic (exact) mass is 664 g/mol. The smallest absolute Gasteiger partial charge is 0.328 e. The third-order valence-corrected chi connectivity index (χ3v) is 7.30. The van der Waals surface area contributed by atoms with Crippen LogP contribution in [0.5, 0.6) is 0 Å². The molecule has 0 aliphatic carbocycles. The van der Waals surface area contributed by atoms with Gasteiger partial charge in [0.05, 0.1) is 16.0 Å². The highest BCUT2D eigenvalue weighted by Gasteiger charge is 2.25. The van der Waals surface area contributed by atoms with Crippen LogP contribution in [0.15, 0.2) is 69.6 Å². The van der Waals surface area contributed by atoms with E-state index in [-0.39, 0.29) is 35.5 Å². The Kier molecular flexibility index (Phi) is 16.2. The first-order chi connectivity index (χ1) is 20.5. The van der Waals surface area contributed by atoms with Crippen molar-refractivity contribution in [3.63, 3.8) is 0 Å². The van der Waals surface area contributed by atoms with E-state index in [4.69, 9.17) is 22.2 Å². The summed E-state index contributed by atoms with van der Waals surface area (Å²) in [6, 6.07) is 10.8. The molecule has 45 heavy (non-hydrogen) atoms. The average Bonchev–Trinajstić information content (AvgIpc) is 3.42. The highest BCUT2D eigenvalue weighted by atomic mass is 32.2. The maximum Gasteiger partial charge on any atom is 0.328 e. The fourth-order valence-electron chi connectivity index (χ4n) is 3.23. The number of nitrogens with zero attached hydrogens (tertiary/aromatic N) is 6. The second kappa shape index (κ2) is 18.1. The number of primary sulfonamides is 2. The van der Waals surface area contributed by atoms with Crippen LogP contribution < -0.4 is 10.3 Å². The summed E-state index contributed by atoms with van der Waals surface area (Å²) in [4.78, 5) is 23.6. The summed E-state index contributed by atoms with van der Waals surface area (Å²) in [6.07, 6.45) is 5.92. The fourth-order valence-corrected chi connectivity index (χ4v) is 4.26. The minimum atomic E-state index is -3.75. The Hall–Kier alpha value is -4.79. The predicted molar refractivity (Wildman–Crippen MR) is 166 cm³/mol. The number of carboxylic acids is 1. The Labute approximate surface area is 262 Å². The van der Waals surface area contributed by atoms with Crippen molar-refractivity contribution in [1.29, 1.82) is 0 Å². The molecule has 0 radical (unpaired) electrons. The van der Waals surface area contributed by atoms with Gasteiger partial charge in [0.25, 0.3) is 6.47 Å². The van der Waals surface area contributed by atoms with Gasteiger partial charge in [0.2, 0.25) is 20.0 Å². The highest BCUT2D eigenvalue weighted by Crippen LogP contribution is 2.22. The molecule has 0 fully saturated rings. The Bertz CT molecular complexity index is 1710. The van der Waals surface area contributed by atoms with Gasteiger partial charge < -0.3 is 9.84 Å². The van der Waals surface area contributed by atoms with Crippen LogP contribution in [0.1, 0.15) is 46.7 Å². The molecule has 2 aromatic carbocycles. The normalized spacial score (nSPS) is 12.0. The molecule has 0 saturated carbocycles. The van der Waals surface area contributed by atoms with E-state index in [9.17, 15) is 31.5 Å². The molecule has 1 aromatic heterocycles. The van der Waals surface area contributed by atoms with Crippen LogP contribution in [0, 0.1) is 24.2 Å². The van der Waals surface area contributed by atoms with Crippen molar-refractivity contribution in [2.45, 2.75) is 57.2 Å². The Morgan fingerprint density at radius 1 is 1.02 bits per heavy atom. The van der Waals surface area contributed by atoms with Gasteiger partial charge in [-0.15, -0.1) is 11.5 Å². The van der Waals surface area contributed by atoms with Gasteiger partial charge in [-0.25, -0.2) is 36.6 Å². The van der Waals surface area contributed by atoms with E-state index in [1.807, 2.05) is 0 Å². The fraction of sp³-hybridized carbons (Fsp3) is 0.333. The number of hydrogen-bond acceptors (Lipinski definition) is 10. The molecule has 0 aliphatic heterocycles. The average molecular weight is 665 g/mol. The van der Waals surface area contributed by atoms with E-state index in [0.717, 1.165) is 0 Å². The molecule has 5 N–H and O–H groups in total. The van der Waals surface area contributed by atoms with Crippen LogP contribution in [0.25, 0.3) is 21.7 Å². The molecule has 0 saturated heterocycles. The standard InChI is InChI=1S/C13H16N4O4S.C8H7NO2S.C5H9N3O2.CH4/c1-8(2)12(13(18)19)17-7-11(15-16-17)9-3-5-10(6-4-9)22(14,20)21;1-2-7-3-5-8(6-4-7)12(9,10)11;1-4(2)5(7-8-6)10-3-9;/h3-8,12H,1-2H3,(H,18,19)(H2,14,20,21);1,3-6H,(H2,9,10,11);3-5H,1-2H3;1H4/t12-;;5-;/m0.1./s1. The maximum atomic E-state index is 11.3. The van der Waals surface area contributed by atoms with Gasteiger partial charge in [0, 0.05) is 16.0 Å². The first-order valence-corrected chi connectivity index (χ1v) is 15.6. The summed E-state index contributed by atoms with van der Waals surface area (Å²) in [5, 5.41) is 30.2. The molecule has 3 aromatic rings. The van der Waals surface area contributed by atoms with Gasteiger partial charge in [-0.05, 0) is 58.9 Å². The van der Waals surface area contributed by atoms with Gasteiger partial charge in [0.1, 0.15) is 5.69 Å². The molecule has 1 heterocycles. The summed E-state index contributed by atoms with van der Waals surface area (Å²) >= 11 is 0. The summed E-state index contributed by atoms with van der Waals surface area (Å²) in [5.41, 5.74) is 9.67. The molecule has 0 amide bonds.